The van der Waals surface area contributed by atoms with E-state index in [-0.39, 0.29) is 0 Å². The van der Waals surface area contributed by atoms with E-state index in [9.17, 15) is 0 Å². The van der Waals surface area contributed by atoms with Crippen molar-refractivity contribution in [3.8, 4) is 0 Å². The van der Waals surface area contributed by atoms with E-state index in [0.29, 0.717) is 6.54 Å². The summed E-state index contributed by atoms with van der Waals surface area (Å²) in [6, 6.07) is 16.6. The number of aromatic nitrogens is 2. The molecule has 0 aliphatic rings. The molecule has 0 aliphatic heterocycles. The van der Waals surface area contributed by atoms with Crippen LogP contribution in [0.15, 0.2) is 58.6 Å². The normalized spacial score (nSPS) is 10.9. The van der Waals surface area contributed by atoms with Crippen molar-refractivity contribution in [2.24, 2.45) is 5.73 Å². The third kappa shape index (κ3) is 2.81. The first-order chi connectivity index (χ1) is 9.74. The average molecular weight is 281 g/mol. The number of rotatable bonds is 3. The molecule has 3 aromatic rings. The quantitative estimate of drug-likeness (QED) is 0.746. The molecule has 1 aromatic heterocycles. The van der Waals surface area contributed by atoms with Crippen LogP contribution >= 0.6 is 11.8 Å². The van der Waals surface area contributed by atoms with Crippen LogP contribution in [0.25, 0.3) is 10.8 Å². The first-order valence-corrected chi connectivity index (χ1v) is 7.27. The van der Waals surface area contributed by atoms with Crippen LogP contribution in [0.5, 0.6) is 0 Å². The molecule has 3 nitrogen and oxygen atoms in total. The molecule has 4 heteroatoms. The van der Waals surface area contributed by atoms with Crippen LogP contribution in [0.2, 0.25) is 0 Å². The molecule has 2 N–H and O–H groups in total. The molecule has 0 fully saturated rings. The molecule has 0 amide bonds. The molecule has 100 valence electrons. The van der Waals surface area contributed by atoms with Crippen molar-refractivity contribution >= 4 is 22.5 Å². The van der Waals surface area contributed by atoms with Crippen LogP contribution in [0.3, 0.4) is 0 Å². The second kappa shape index (κ2) is 5.61. The maximum atomic E-state index is 5.66. The number of nitrogens with two attached hydrogens (primary N) is 1. The standard InChI is InChI=1S/C16H15N3S/c1-11-8-14(10-17)19-16(18-11)20-15-7-6-12-4-2-3-5-13(12)9-15/h2-9H,10,17H2,1H3. The summed E-state index contributed by atoms with van der Waals surface area (Å²) in [4.78, 5) is 10.0. The van der Waals surface area contributed by atoms with Crippen molar-refractivity contribution in [2.45, 2.75) is 23.5 Å². The highest BCUT2D eigenvalue weighted by atomic mass is 32.2. The second-order valence-corrected chi connectivity index (χ2v) is 5.64. The minimum atomic E-state index is 0.439. The third-order valence-electron chi connectivity index (χ3n) is 3.03. The van der Waals surface area contributed by atoms with Gasteiger partial charge in [-0.1, -0.05) is 30.3 Å². The summed E-state index contributed by atoms with van der Waals surface area (Å²) in [5, 5.41) is 3.22. The first kappa shape index (κ1) is 13.1. The number of aryl methyl sites for hydroxylation is 1. The molecular weight excluding hydrogens is 266 g/mol. The van der Waals surface area contributed by atoms with E-state index in [4.69, 9.17) is 5.73 Å². The van der Waals surface area contributed by atoms with Gasteiger partial charge in [-0.15, -0.1) is 0 Å². The third-order valence-corrected chi connectivity index (χ3v) is 3.88. The average Bonchev–Trinajstić information content (AvgIpc) is 2.46. The molecule has 3 rings (SSSR count). The van der Waals surface area contributed by atoms with Crippen molar-refractivity contribution in [2.75, 3.05) is 0 Å². The van der Waals surface area contributed by atoms with Gasteiger partial charge in [0.05, 0.1) is 5.69 Å². The number of hydrogen-bond donors (Lipinski definition) is 1. The van der Waals surface area contributed by atoms with Gasteiger partial charge in [-0.3, -0.25) is 0 Å². The molecule has 1 heterocycles. The summed E-state index contributed by atoms with van der Waals surface area (Å²) in [6.07, 6.45) is 0. The highest BCUT2D eigenvalue weighted by Gasteiger charge is 2.04. The molecule has 0 atom stereocenters. The highest BCUT2D eigenvalue weighted by molar-refractivity contribution is 7.99. The molecule has 0 unspecified atom stereocenters. The zero-order valence-corrected chi connectivity index (χ0v) is 12.0. The van der Waals surface area contributed by atoms with Gasteiger partial charge >= 0.3 is 0 Å². The molecule has 0 spiro atoms. The van der Waals surface area contributed by atoms with Gasteiger partial charge in [0, 0.05) is 17.1 Å². The Morgan fingerprint density at radius 2 is 1.80 bits per heavy atom. The van der Waals surface area contributed by atoms with Crippen molar-refractivity contribution < 1.29 is 0 Å². The Balaban J connectivity index is 1.94. The number of benzene rings is 2. The van der Waals surface area contributed by atoms with Crippen LogP contribution in [-0.2, 0) is 6.54 Å². The van der Waals surface area contributed by atoms with Gasteiger partial charge in [0.15, 0.2) is 5.16 Å². The Labute approximate surface area is 122 Å². The largest absolute Gasteiger partial charge is 0.325 e. The minimum absolute atomic E-state index is 0.439. The van der Waals surface area contributed by atoms with Gasteiger partial charge in [-0.25, -0.2) is 9.97 Å². The SMILES string of the molecule is Cc1cc(CN)nc(Sc2ccc3ccccc3c2)n1. The van der Waals surface area contributed by atoms with Gasteiger partial charge in [0.2, 0.25) is 0 Å². The summed E-state index contributed by atoms with van der Waals surface area (Å²) in [5.74, 6) is 0. The lowest BCUT2D eigenvalue weighted by Crippen LogP contribution is -2.02. The maximum absolute atomic E-state index is 5.66. The summed E-state index contributed by atoms with van der Waals surface area (Å²) in [6.45, 7) is 2.40. The summed E-state index contributed by atoms with van der Waals surface area (Å²) < 4.78 is 0. The minimum Gasteiger partial charge on any atom is -0.325 e. The second-order valence-electron chi connectivity index (χ2n) is 4.60. The summed E-state index contributed by atoms with van der Waals surface area (Å²) in [5.41, 5.74) is 7.48. The van der Waals surface area contributed by atoms with Crippen molar-refractivity contribution in [1.29, 1.82) is 0 Å². The monoisotopic (exact) mass is 281 g/mol. The summed E-state index contributed by atoms with van der Waals surface area (Å²) >= 11 is 1.57. The summed E-state index contributed by atoms with van der Waals surface area (Å²) in [7, 11) is 0. The first-order valence-electron chi connectivity index (χ1n) is 6.46. The van der Waals surface area contributed by atoms with Gasteiger partial charge in [0.1, 0.15) is 0 Å². The van der Waals surface area contributed by atoms with E-state index in [2.05, 4.69) is 40.3 Å². The Hall–Kier alpha value is -1.91. The fourth-order valence-corrected chi connectivity index (χ4v) is 2.98. The Morgan fingerprint density at radius 1 is 1.00 bits per heavy atom. The molecule has 20 heavy (non-hydrogen) atoms. The smallest absolute Gasteiger partial charge is 0.192 e. The number of fused-ring (bicyclic) bond motifs is 1. The Kier molecular flexibility index (Phi) is 3.67. The lowest BCUT2D eigenvalue weighted by Gasteiger charge is -2.05. The molecule has 2 aromatic carbocycles. The fraction of sp³-hybridized carbons (Fsp3) is 0.125. The van der Waals surface area contributed by atoms with Crippen molar-refractivity contribution in [3.63, 3.8) is 0 Å². The van der Waals surface area contributed by atoms with E-state index < -0.39 is 0 Å². The lowest BCUT2D eigenvalue weighted by atomic mass is 10.1. The fourth-order valence-electron chi connectivity index (χ4n) is 2.09. The van der Waals surface area contributed by atoms with Crippen LogP contribution in [0.4, 0.5) is 0 Å². The van der Waals surface area contributed by atoms with Gasteiger partial charge in [-0.05, 0) is 47.7 Å². The number of nitrogens with zero attached hydrogens (tertiary/aromatic N) is 2. The number of hydrogen-bond acceptors (Lipinski definition) is 4. The van der Waals surface area contributed by atoms with Crippen molar-refractivity contribution in [1.82, 2.24) is 9.97 Å². The van der Waals surface area contributed by atoms with Gasteiger partial charge in [-0.2, -0.15) is 0 Å². The van der Waals surface area contributed by atoms with Gasteiger partial charge in [0.25, 0.3) is 0 Å². The Morgan fingerprint density at radius 3 is 2.60 bits per heavy atom. The van der Waals surface area contributed by atoms with Gasteiger partial charge < -0.3 is 5.73 Å². The topological polar surface area (TPSA) is 51.8 Å². The van der Waals surface area contributed by atoms with Crippen LogP contribution in [-0.4, -0.2) is 9.97 Å². The zero-order chi connectivity index (χ0) is 13.9. The zero-order valence-electron chi connectivity index (χ0n) is 11.2. The van der Waals surface area contributed by atoms with E-state index in [0.717, 1.165) is 21.4 Å². The van der Waals surface area contributed by atoms with E-state index in [1.807, 2.05) is 25.1 Å². The molecule has 0 aliphatic carbocycles. The predicted molar refractivity (Wildman–Crippen MR) is 82.7 cm³/mol. The van der Waals surface area contributed by atoms with E-state index in [1.54, 1.807) is 11.8 Å². The van der Waals surface area contributed by atoms with Crippen LogP contribution in [0, 0.1) is 6.92 Å². The van der Waals surface area contributed by atoms with Crippen LogP contribution in [0.1, 0.15) is 11.4 Å². The lowest BCUT2D eigenvalue weighted by molar-refractivity contribution is 0.854. The molecule has 0 saturated carbocycles. The predicted octanol–water partition coefficient (Wildman–Crippen LogP) is 3.55. The van der Waals surface area contributed by atoms with Crippen molar-refractivity contribution in [3.05, 3.63) is 59.9 Å². The Bertz CT molecular complexity index is 756. The molecule has 0 radical (unpaired) electrons. The van der Waals surface area contributed by atoms with Crippen LogP contribution < -0.4 is 5.73 Å². The molecule has 0 saturated heterocycles. The van der Waals surface area contributed by atoms with E-state index >= 15 is 0 Å². The highest BCUT2D eigenvalue weighted by Crippen LogP contribution is 2.28. The molecular formula is C16H15N3S. The van der Waals surface area contributed by atoms with E-state index in [1.165, 1.54) is 10.8 Å². The molecule has 0 bridgehead atoms. The maximum Gasteiger partial charge on any atom is 0.192 e.